The van der Waals surface area contributed by atoms with Crippen LogP contribution in [0.2, 0.25) is 0 Å². The van der Waals surface area contributed by atoms with Gasteiger partial charge in [0.15, 0.2) is 0 Å². The van der Waals surface area contributed by atoms with E-state index in [1.54, 1.807) is 0 Å². The Labute approximate surface area is 60.4 Å². The molecule has 0 bridgehead atoms. The second-order valence-electron chi connectivity index (χ2n) is 2.90. The summed E-state index contributed by atoms with van der Waals surface area (Å²) in [6, 6.07) is 0. The Bertz CT molecular complexity index is 159. The molecule has 1 saturated carbocycles. The van der Waals surface area contributed by atoms with Crippen molar-refractivity contribution < 1.29 is 22.0 Å². The minimum atomic E-state index is -4.48. The van der Waals surface area contributed by atoms with Crippen LogP contribution in [0.4, 0.5) is 22.0 Å². The fourth-order valence-corrected chi connectivity index (χ4v) is 1.00. The lowest BCUT2D eigenvalue weighted by Gasteiger charge is -2.14. The third-order valence-electron chi connectivity index (χ3n) is 1.99. The average Bonchev–Trinajstić information content (AvgIpc) is 2.36. The van der Waals surface area contributed by atoms with E-state index in [1.807, 2.05) is 0 Å². The van der Waals surface area contributed by atoms with Gasteiger partial charge >= 0.3 is 6.18 Å². The third-order valence-corrected chi connectivity index (χ3v) is 1.99. The highest BCUT2D eigenvalue weighted by Gasteiger charge is 2.64. The zero-order valence-corrected chi connectivity index (χ0v) is 5.75. The van der Waals surface area contributed by atoms with Gasteiger partial charge in [0.05, 0.1) is 5.92 Å². The van der Waals surface area contributed by atoms with Crippen molar-refractivity contribution in [1.82, 2.24) is 0 Å². The molecule has 0 aromatic rings. The van der Waals surface area contributed by atoms with Gasteiger partial charge in [0.1, 0.15) is 0 Å². The van der Waals surface area contributed by atoms with Gasteiger partial charge in [-0.05, 0) is 0 Å². The van der Waals surface area contributed by atoms with Crippen molar-refractivity contribution in [2.45, 2.75) is 25.4 Å². The predicted molar refractivity (Wildman–Crippen MR) is 28.3 cm³/mol. The second kappa shape index (κ2) is 2.08. The van der Waals surface area contributed by atoms with Gasteiger partial charge < -0.3 is 0 Å². The minimum absolute atomic E-state index is 0.617. The summed E-state index contributed by atoms with van der Waals surface area (Å²) in [6.45, 7) is 0.797. The first-order valence-corrected chi connectivity index (χ1v) is 3.19. The second-order valence-corrected chi connectivity index (χ2v) is 2.90. The molecule has 1 aliphatic rings. The highest BCUT2D eigenvalue weighted by Crippen LogP contribution is 2.56. The van der Waals surface area contributed by atoms with Crippen LogP contribution in [0.5, 0.6) is 0 Å². The molecule has 0 nitrogen and oxygen atoms in total. The SMILES string of the molecule is CC(C1CC1(F)F)C(F)(F)F. The maximum atomic E-state index is 12.1. The van der Waals surface area contributed by atoms with Gasteiger partial charge in [-0.3, -0.25) is 0 Å². The van der Waals surface area contributed by atoms with Crippen LogP contribution in [-0.4, -0.2) is 12.1 Å². The van der Waals surface area contributed by atoms with E-state index in [4.69, 9.17) is 0 Å². The quantitative estimate of drug-likeness (QED) is 0.536. The normalized spacial score (nSPS) is 31.6. The summed E-state index contributed by atoms with van der Waals surface area (Å²) in [5, 5.41) is 0. The van der Waals surface area contributed by atoms with E-state index in [9.17, 15) is 22.0 Å². The number of alkyl halides is 5. The van der Waals surface area contributed by atoms with Crippen LogP contribution in [0.1, 0.15) is 13.3 Å². The zero-order valence-electron chi connectivity index (χ0n) is 5.75. The van der Waals surface area contributed by atoms with E-state index in [0.29, 0.717) is 0 Å². The van der Waals surface area contributed by atoms with E-state index in [-0.39, 0.29) is 0 Å². The maximum Gasteiger partial charge on any atom is 0.392 e. The van der Waals surface area contributed by atoms with Crippen LogP contribution in [-0.2, 0) is 0 Å². The van der Waals surface area contributed by atoms with Crippen molar-refractivity contribution in [2.75, 3.05) is 0 Å². The highest BCUT2D eigenvalue weighted by molar-refractivity contribution is 4.99. The van der Waals surface area contributed by atoms with E-state index < -0.39 is 30.4 Å². The van der Waals surface area contributed by atoms with Crippen LogP contribution in [0, 0.1) is 11.8 Å². The Morgan fingerprint density at radius 3 is 1.82 bits per heavy atom. The third kappa shape index (κ3) is 1.62. The van der Waals surface area contributed by atoms with Crippen molar-refractivity contribution in [3.63, 3.8) is 0 Å². The largest absolute Gasteiger partial charge is 0.392 e. The number of rotatable bonds is 1. The van der Waals surface area contributed by atoms with Crippen molar-refractivity contribution >= 4 is 0 Å². The molecule has 0 aromatic carbocycles. The summed E-state index contributed by atoms with van der Waals surface area (Å²) in [7, 11) is 0. The van der Waals surface area contributed by atoms with E-state index in [1.165, 1.54) is 0 Å². The van der Waals surface area contributed by atoms with Crippen LogP contribution >= 0.6 is 0 Å². The van der Waals surface area contributed by atoms with Crippen molar-refractivity contribution in [3.05, 3.63) is 0 Å². The maximum absolute atomic E-state index is 12.1. The average molecular weight is 174 g/mol. The van der Waals surface area contributed by atoms with Gasteiger partial charge in [0, 0.05) is 12.3 Å². The van der Waals surface area contributed by atoms with Gasteiger partial charge in [0.2, 0.25) is 0 Å². The molecular formula is C6H7F5. The Kier molecular flexibility index (Phi) is 1.65. The van der Waals surface area contributed by atoms with Gasteiger partial charge in [-0.15, -0.1) is 0 Å². The molecule has 1 fully saturated rings. The van der Waals surface area contributed by atoms with Crippen LogP contribution < -0.4 is 0 Å². The highest BCUT2D eigenvalue weighted by atomic mass is 19.4. The van der Waals surface area contributed by atoms with E-state index >= 15 is 0 Å². The first-order valence-electron chi connectivity index (χ1n) is 3.19. The topological polar surface area (TPSA) is 0 Å². The monoisotopic (exact) mass is 174 g/mol. The predicted octanol–water partition coefficient (Wildman–Crippen LogP) is 2.84. The summed E-state index contributed by atoms with van der Waals surface area (Å²) in [5.41, 5.74) is 0. The van der Waals surface area contributed by atoms with Crippen molar-refractivity contribution in [1.29, 1.82) is 0 Å². The number of halogens is 5. The molecule has 0 saturated heterocycles. The first-order chi connectivity index (χ1) is 4.75. The fraction of sp³-hybridized carbons (Fsp3) is 1.00. The molecule has 0 amide bonds. The van der Waals surface area contributed by atoms with Gasteiger partial charge in [-0.25, -0.2) is 8.78 Å². The Hall–Kier alpha value is -0.350. The summed E-state index contributed by atoms with van der Waals surface area (Å²) >= 11 is 0. The Balaban J connectivity index is 2.52. The lowest BCUT2D eigenvalue weighted by atomic mass is 10.1. The summed E-state index contributed by atoms with van der Waals surface area (Å²) in [4.78, 5) is 0. The molecule has 0 aliphatic heterocycles. The molecule has 0 aromatic heterocycles. The Morgan fingerprint density at radius 1 is 1.36 bits per heavy atom. The summed E-state index contributed by atoms with van der Waals surface area (Å²) in [6.07, 6.45) is -5.10. The van der Waals surface area contributed by atoms with E-state index in [2.05, 4.69) is 0 Å². The molecule has 2 unspecified atom stereocenters. The fourth-order valence-electron chi connectivity index (χ4n) is 1.00. The molecule has 0 spiro atoms. The lowest BCUT2D eigenvalue weighted by Crippen LogP contribution is -2.23. The van der Waals surface area contributed by atoms with E-state index in [0.717, 1.165) is 6.92 Å². The molecule has 66 valence electrons. The molecule has 1 aliphatic carbocycles. The van der Waals surface area contributed by atoms with Gasteiger partial charge in [0.25, 0.3) is 5.92 Å². The first kappa shape index (κ1) is 8.74. The molecule has 2 atom stereocenters. The molecule has 11 heavy (non-hydrogen) atoms. The molecule has 0 heterocycles. The van der Waals surface area contributed by atoms with Gasteiger partial charge in [-0.1, -0.05) is 6.92 Å². The molecule has 0 radical (unpaired) electrons. The minimum Gasteiger partial charge on any atom is -0.207 e. The van der Waals surface area contributed by atoms with Crippen LogP contribution in [0.15, 0.2) is 0 Å². The molecule has 0 N–H and O–H groups in total. The smallest absolute Gasteiger partial charge is 0.207 e. The summed E-state index contributed by atoms with van der Waals surface area (Å²) < 4.78 is 59.4. The number of hydrogen-bond donors (Lipinski definition) is 0. The summed E-state index contributed by atoms with van der Waals surface area (Å²) in [5.74, 6) is -6.44. The number of hydrogen-bond acceptors (Lipinski definition) is 0. The van der Waals surface area contributed by atoms with Crippen molar-refractivity contribution in [3.8, 4) is 0 Å². The van der Waals surface area contributed by atoms with Crippen molar-refractivity contribution in [2.24, 2.45) is 11.8 Å². The molecular weight excluding hydrogens is 167 g/mol. The Morgan fingerprint density at radius 2 is 1.73 bits per heavy atom. The lowest BCUT2D eigenvalue weighted by molar-refractivity contribution is -0.181. The zero-order chi connectivity index (χ0) is 8.86. The van der Waals surface area contributed by atoms with Crippen LogP contribution in [0.3, 0.4) is 0 Å². The molecule has 1 rings (SSSR count). The van der Waals surface area contributed by atoms with Crippen LogP contribution in [0.25, 0.3) is 0 Å². The molecule has 5 heteroatoms. The standard InChI is InChI=1S/C6H7F5/c1-3(6(9,10)11)4-2-5(4,7)8/h3-4H,2H2,1H3. The van der Waals surface area contributed by atoms with Gasteiger partial charge in [-0.2, -0.15) is 13.2 Å².